The molecule has 244 valence electrons. The number of piperidine rings is 1. The molecule has 0 aliphatic carbocycles. The number of carboxylic acids is 1. The molecule has 7 nitrogen and oxygen atoms in total. The van der Waals surface area contributed by atoms with E-state index in [-0.39, 0.29) is 6.42 Å². The zero-order valence-electron chi connectivity index (χ0n) is 25.0. The van der Waals surface area contributed by atoms with Gasteiger partial charge in [0, 0.05) is 30.7 Å². The van der Waals surface area contributed by atoms with E-state index in [4.69, 9.17) is 0 Å². The number of carbonyl (C=O) groups excluding carboxylic acids is 1. The van der Waals surface area contributed by atoms with Crippen LogP contribution < -0.4 is 5.32 Å². The second-order valence-corrected chi connectivity index (χ2v) is 12.0. The number of halogens is 6. The number of pyridine rings is 1. The molecule has 1 aliphatic rings. The number of aromatic nitrogens is 1. The minimum atomic E-state index is -4.58. The van der Waals surface area contributed by atoms with Crippen LogP contribution >= 0.6 is 0 Å². The highest BCUT2D eigenvalue weighted by atomic mass is 19.4. The van der Waals surface area contributed by atoms with Gasteiger partial charge in [0.05, 0.1) is 6.54 Å². The monoisotopic (exact) mass is 638 g/mol. The lowest BCUT2D eigenvalue weighted by Crippen LogP contribution is -2.61. The molecule has 3 aromatic rings. The summed E-state index contributed by atoms with van der Waals surface area (Å²) in [5, 5.41) is 14.0. The zero-order valence-corrected chi connectivity index (χ0v) is 25.0. The van der Waals surface area contributed by atoms with Crippen LogP contribution in [0.3, 0.4) is 0 Å². The molecule has 2 aromatic carbocycles. The Kier molecular flexibility index (Phi) is 10.4. The standard InChI is InChI=1S/C32H36F6N4O3/c1-41(2)18-23-14-24-6-9-39-17-26(24)25(15-23)13-21-4-3-5-22(12-21)16-27(28(43)44)40-29(45)30(31(34,35)19-33)7-10-42(11-8-30)20-32(36,37)38/h3-6,9,12,14-15,17,27H,7-8,10-11,13,16,18-20H2,1-2H3,(H,40,45)(H,43,44). The van der Waals surface area contributed by atoms with Crippen LogP contribution in [0.25, 0.3) is 10.8 Å². The number of alkyl halides is 6. The van der Waals surface area contributed by atoms with Crippen LogP contribution in [0.2, 0.25) is 0 Å². The van der Waals surface area contributed by atoms with Crippen molar-refractivity contribution in [3.8, 4) is 0 Å². The normalized spacial score (nSPS) is 16.6. The van der Waals surface area contributed by atoms with Crippen LogP contribution in [0, 0.1) is 5.41 Å². The molecule has 1 aromatic heterocycles. The number of likely N-dealkylation sites (tertiary alicyclic amines) is 1. The Morgan fingerprint density at radius 3 is 2.36 bits per heavy atom. The van der Waals surface area contributed by atoms with Gasteiger partial charge in [-0.3, -0.25) is 14.7 Å². The Morgan fingerprint density at radius 1 is 1.04 bits per heavy atom. The quantitative estimate of drug-likeness (QED) is 0.264. The number of aliphatic carboxylic acids is 1. The van der Waals surface area contributed by atoms with Gasteiger partial charge in [-0.2, -0.15) is 13.2 Å². The maximum atomic E-state index is 14.9. The maximum absolute atomic E-state index is 14.9. The molecule has 0 bridgehead atoms. The highest BCUT2D eigenvalue weighted by Gasteiger charge is 2.60. The lowest BCUT2D eigenvalue weighted by atomic mass is 9.72. The summed E-state index contributed by atoms with van der Waals surface area (Å²) in [5.74, 6) is -7.09. The molecule has 4 rings (SSSR count). The molecule has 1 atom stereocenters. The second kappa shape index (κ2) is 13.7. The molecule has 1 unspecified atom stereocenters. The van der Waals surface area contributed by atoms with Gasteiger partial charge in [-0.05, 0) is 86.2 Å². The zero-order chi connectivity index (χ0) is 33.0. The molecular weight excluding hydrogens is 602 g/mol. The van der Waals surface area contributed by atoms with Crippen LogP contribution in [0.5, 0.6) is 0 Å². The number of hydrogen-bond donors (Lipinski definition) is 2. The van der Waals surface area contributed by atoms with Crippen molar-refractivity contribution in [2.75, 3.05) is 40.4 Å². The van der Waals surface area contributed by atoms with E-state index in [9.17, 15) is 41.0 Å². The van der Waals surface area contributed by atoms with Gasteiger partial charge in [0.1, 0.15) is 11.5 Å². The summed E-state index contributed by atoms with van der Waals surface area (Å²) >= 11 is 0. The molecule has 45 heavy (non-hydrogen) atoms. The fraction of sp³-hybridized carbons (Fsp3) is 0.469. The van der Waals surface area contributed by atoms with Gasteiger partial charge in [0.2, 0.25) is 5.91 Å². The number of amides is 1. The first-order valence-corrected chi connectivity index (χ1v) is 14.5. The number of nitrogens with zero attached hydrogens (tertiary/aromatic N) is 3. The molecule has 1 amide bonds. The van der Waals surface area contributed by atoms with Crippen molar-refractivity contribution in [1.29, 1.82) is 0 Å². The second-order valence-electron chi connectivity index (χ2n) is 12.0. The molecule has 2 N–H and O–H groups in total. The van der Waals surface area contributed by atoms with E-state index >= 15 is 0 Å². The average Bonchev–Trinajstić information content (AvgIpc) is 2.96. The average molecular weight is 639 g/mol. The number of fused-ring (bicyclic) bond motifs is 1. The summed E-state index contributed by atoms with van der Waals surface area (Å²) in [6.45, 7) is -3.90. The van der Waals surface area contributed by atoms with Gasteiger partial charge in [-0.1, -0.05) is 30.3 Å². The van der Waals surface area contributed by atoms with Crippen molar-refractivity contribution in [3.05, 3.63) is 77.1 Å². The third-order valence-electron chi connectivity index (χ3n) is 8.24. The number of carbonyl (C=O) groups is 2. The van der Waals surface area contributed by atoms with E-state index in [1.807, 2.05) is 31.1 Å². The minimum Gasteiger partial charge on any atom is -0.480 e. The van der Waals surface area contributed by atoms with Crippen LogP contribution in [0.15, 0.2) is 54.9 Å². The third-order valence-corrected chi connectivity index (χ3v) is 8.24. The first kappa shape index (κ1) is 34.2. The van der Waals surface area contributed by atoms with E-state index < -0.39 is 74.6 Å². The fourth-order valence-electron chi connectivity index (χ4n) is 6.00. The van der Waals surface area contributed by atoms with Crippen LogP contribution in [-0.4, -0.2) is 90.3 Å². The Balaban J connectivity index is 1.54. The molecule has 1 fully saturated rings. The molecule has 0 radical (unpaired) electrons. The number of benzene rings is 2. The Morgan fingerprint density at radius 2 is 1.73 bits per heavy atom. The molecule has 1 saturated heterocycles. The van der Waals surface area contributed by atoms with Gasteiger partial charge in [0.25, 0.3) is 5.92 Å². The molecule has 2 heterocycles. The summed E-state index contributed by atoms with van der Waals surface area (Å²) in [6.07, 6.45) is -2.37. The van der Waals surface area contributed by atoms with E-state index in [1.54, 1.807) is 30.6 Å². The molecular formula is C32H36F6N4O3. The van der Waals surface area contributed by atoms with Crippen molar-refractivity contribution < 1.29 is 41.0 Å². The first-order chi connectivity index (χ1) is 21.1. The van der Waals surface area contributed by atoms with Crippen LogP contribution in [0.1, 0.15) is 35.1 Å². The third kappa shape index (κ3) is 8.31. The van der Waals surface area contributed by atoms with Crippen molar-refractivity contribution in [2.45, 2.75) is 50.4 Å². The lowest BCUT2D eigenvalue weighted by molar-refractivity contribution is -0.187. The summed E-state index contributed by atoms with van der Waals surface area (Å²) in [4.78, 5) is 32.6. The van der Waals surface area contributed by atoms with E-state index in [2.05, 4.69) is 22.4 Å². The molecule has 13 heteroatoms. The van der Waals surface area contributed by atoms with Crippen LogP contribution in [0.4, 0.5) is 26.3 Å². The Hall–Kier alpha value is -3.71. The Bertz CT molecular complexity index is 1510. The number of hydrogen-bond acceptors (Lipinski definition) is 5. The summed E-state index contributed by atoms with van der Waals surface area (Å²) < 4.78 is 81.9. The molecule has 0 spiro atoms. The van der Waals surface area contributed by atoms with Crippen molar-refractivity contribution >= 4 is 22.6 Å². The van der Waals surface area contributed by atoms with E-state index in [1.165, 1.54) is 0 Å². The Labute approximate surface area is 257 Å². The number of carboxylic acid groups (broad SMARTS) is 1. The minimum absolute atomic E-state index is 0.255. The summed E-state index contributed by atoms with van der Waals surface area (Å²) in [5.41, 5.74) is 0.768. The van der Waals surface area contributed by atoms with Gasteiger partial charge in [-0.15, -0.1) is 0 Å². The maximum Gasteiger partial charge on any atom is 0.401 e. The predicted molar refractivity (Wildman–Crippen MR) is 157 cm³/mol. The topological polar surface area (TPSA) is 85.8 Å². The van der Waals surface area contributed by atoms with Crippen LogP contribution in [-0.2, 0) is 29.0 Å². The van der Waals surface area contributed by atoms with Crippen molar-refractivity contribution in [1.82, 2.24) is 20.1 Å². The summed E-state index contributed by atoms with van der Waals surface area (Å²) in [6, 6.07) is 11.5. The number of rotatable bonds is 12. The lowest BCUT2D eigenvalue weighted by Gasteiger charge is -2.44. The largest absolute Gasteiger partial charge is 0.480 e. The van der Waals surface area contributed by atoms with Gasteiger partial charge >= 0.3 is 12.1 Å². The smallest absolute Gasteiger partial charge is 0.401 e. The van der Waals surface area contributed by atoms with Gasteiger partial charge in [0.15, 0.2) is 6.67 Å². The molecule has 0 saturated carbocycles. The van der Waals surface area contributed by atoms with Gasteiger partial charge < -0.3 is 15.3 Å². The SMILES string of the molecule is CN(C)Cc1cc(Cc2cccc(CC(NC(=O)C3(C(F)(F)CF)CCN(CC(F)(F)F)CC3)C(=O)O)c2)c2cnccc2c1. The van der Waals surface area contributed by atoms with Gasteiger partial charge in [-0.25, -0.2) is 18.0 Å². The first-order valence-electron chi connectivity index (χ1n) is 14.5. The van der Waals surface area contributed by atoms with E-state index in [0.29, 0.717) is 18.5 Å². The van der Waals surface area contributed by atoms with E-state index in [0.717, 1.165) is 32.4 Å². The predicted octanol–water partition coefficient (Wildman–Crippen LogP) is 5.25. The van der Waals surface area contributed by atoms with Crippen molar-refractivity contribution in [2.24, 2.45) is 5.41 Å². The highest BCUT2D eigenvalue weighted by Crippen LogP contribution is 2.46. The molecule has 1 aliphatic heterocycles. The number of nitrogens with one attached hydrogen (secondary N) is 1. The fourth-order valence-corrected chi connectivity index (χ4v) is 6.00. The highest BCUT2D eigenvalue weighted by molar-refractivity contribution is 5.89. The van der Waals surface area contributed by atoms with Crippen molar-refractivity contribution in [3.63, 3.8) is 0 Å². The summed E-state index contributed by atoms with van der Waals surface area (Å²) in [7, 11) is 3.93.